The van der Waals surface area contributed by atoms with Crippen LogP contribution in [0.25, 0.3) is 0 Å². The SMILES string of the molecule is CC(NS(=O)(=O)c1ccc(CCN)s1)c1ccccc1. The third-order valence-corrected chi connectivity index (χ3v) is 6.10. The van der Waals surface area contributed by atoms with Gasteiger partial charge in [0.05, 0.1) is 0 Å². The first kappa shape index (κ1) is 15.2. The van der Waals surface area contributed by atoms with Crippen molar-refractivity contribution in [3.05, 3.63) is 52.9 Å². The van der Waals surface area contributed by atoms with Gasteiger partial charge in [-0.25, -0.2) is 13.1 Å². The van der Waals surface area contributed by atoms with Gasteiger partial charge in [0.25, 0.3) is 10.0 Å². The van der Waals surface area contributed by atoms with Crippen molar-refractivity contribution in [2.45, 2.75) is 23.6 Å². The third-order valence-electron chi connectivity index (χ3n) is 2.92. The largest absolute Gasteiger partial charge is 0.330 e. The van der Waals surface area contributed by atoms with Crippen LogP contribution in [0.2, 0.25) is 0 Å². The molecule has 3 N–H and O–H groups in total. The fourth-order valence-electron chi connectivity index (χ4n) is 1.88. The molecule has 0 fully saturated rings. The Morgan fingerprint density at radius 3 is 2.55 bits per heavy atom. The first-order valence-electron chi connectivity index (χ1n) is 6.39. The molecule has 20 heavy (non-hydrogen) atoms. The highest BCUT2D eigenvalue weighted by molar-refractivity contribution is 7.91. The van der Waals surface area contributed by atoms with Crippen LogP contribution in [-0.4, -0.2) is 15.0 Å². The lowest BCUT2D eigenvalue weighted by Gasteiger charge is -2.13. The summed E-state index contributed by atoms with van der Waals surface area (Å²) >= 11 is 1.27. The molecule has 108 valence electrons. The van der Waals surface area contributed by atoms with Gasteiger partial charge >= 0.3 is 0 Å². The van der Waals surface area contributed by atoms with Gasteiger partial charge in [-0.3, -0.25) is 0 Å². The van der Waals surface area contributed by atoms with Crippen molar-refractivity contribution in [3.63, 3.8) is 0 Å². The lowest BCUT2D eigenvalue weighted by Crippen LogP contribution is -2.26. The number of rotatable bonds is 6. The molecule has 1 unspecified atom stereocenters. The Hall–Kier alpha value is -1.21. The van der Waals surface area contributed by atoms with E-state index in [4.69, 9.17) is 5.73 Å². The zero-order valence-electron chi connectivity index (χ0n) is 11.2. The summed E-state index contributed by atoms with van der Waals surface area (Å²) in [6.07, 6.45) is 0.703. The molecular formula is C14H18N2O2S2. The molecule has 1 heterocycles. The predicted molar refractivity (Wildman–Crippen MR) is 82.3 cm³/mol. The van der Waals surface area contributed by atoms with Crippen LogP contribution in [-0.2, 0) is 16.4 Å². The van der Waals surface area contributed by atoms with Crippen molar-refractivity contribution in [2.24, 2.45) is 5.73 Å². The zero-order chi connectivity index (χ0) is 14.6. The van der Waals surface area contributed by atoms with Crippen molar-refractivity contribution in [1.29, 1.82) is 0 Å². The van der Waals surface area contributed by atoms with Crippen LogP contribution in [0.15, 0.2) is 46.7 Å². The molecule has 2 rings (SSSR count). The Kier molecular flexibility index (Phi) is 4.93. The Morgan fingerprint density at radius 1 is 1.20 bits per heavy atom. The van der Waals surface area contributed by atoms with Crippen LogP contribution in [0.3, 0.4) is 0 Å². The van der Waals surface area contributed by atoms with Gasteiger partial charge in [-0.1, -0.05) is 30.3 Å². The molecule has 1 aromatic heterocycles. The maximum atomic E-state index is 12.3. The topological polar surface area (TPSA) is 72.2 Å². The Balaban J connectivity index is 2.14. The molecule has 0 spiro atoms. The number of nitrogens with one attached hydrogen (secondary N) is 1. The summed E-state index contributed by atoms with van der Waals surface area (Å²) in [6.45, 7) is 2.36. The van der Waals surface area contributed by atoms with Gasteiger partial charge in [0, 0.05) is 10.9 Å². The summed E-state index contributed by atoms with van der Waals surface area (Å²) in [5.41, 5.74) is 6.42. The maximum absolute atomic E-state index is 12.3. The molecular weight excluding hydrogens is 292 g/mol. The fourth-order valence-corrected chi connectivity index (χ4v) is 4.50. The average molecular weight is 310 g/mol. The maximum Gasteiger partial charge on any atom is 0.250 e. The molecule has 0 amide bonds. The fraction of sp³-hybridized carbons (Fsp3) is 0.286. The summed E-state index contributed by atoms with van der Waals surface area (Å²) in [5.74, 6) is 0. The second kappa shape index (κ2) is 6.49. The van der Waals surface area contributed by atoms with E-state index in [9.17, 15) is 8.42 Å². The molecule has 0 radical (unpaired) electrons. The molecule has 0 bridgehead atoms. The normalized spacial score (nSPS) is 13.3. The minimum absolute atomic E-state index is 0.263. The first-order chi connectivity index (χ1) is 9.53. The van der Waals surface area contributed by atoms with E-state index >= 15 is 0 Å². The van der Waals surface area contributed by atoms with Gasteiger partial charge < -0.3 is 5.73 Å². The van der Waals surface area contributed by atoms with Gasteiger partial charge in [0.15, 0.2) is 0 Å². The van der Waals surface area contributed by atoms with E-state index in [0.29, 0.717) is 17.2 Å². The van der Waals surface area contributed by atoms with E-state index in [-0.39, 0.29) is 6.04 Å². The smallest absolute Gasteiger partial charge is 0.250 e. The lowest BCUT2D eigenvalue weighted by atomic mass is 10.1. The summed E-state index contributed by atoms with van der Waals surface area (Å²) < 4.78 is 27.6. The van der Waals surface area contributed by atoms with Crippen molar-refractivity contribution in [2.75, 3.05) is 6.54 Å². The Morgan fingerprint density at radius 2 is 1.90 bits per heavy atom. The number of nitrogens with two attached hydrogens (primary N) is 1. The molecule has 0 aliphatic rings. The molecule has 0 saturated carbocycles. The van der Waals surface area contributed by atoms with E-state index < -0.39 is 10.0 Å². The molecule has 2 aromatic rings. The summed E-state index contributed by atoms with van der Waals surface area (Å²) in [4.78, 5) is 0.986. The number of hydrogen-bond acceptors (Lipinski definition) is 4. The van der Waals surface area contributed by atoms with Gasteiger partial charge in [-0.15, -0.1) is 11.3 Å². The van der Waals surface area contributed by atoms with Crippen LogP contribution >= 0.6 is 11.3 Å². The highest BCUT2D eigenvalue weighted by Crippen LogP contribution is 2.23. The number of thiophene rings is 1. The van der Waals surface area contributed by atoms with Crippen LogP contribution in [0.1, 0.15) is 23.4 Å². The van der Waals surface area contributed by atoms with Crippen molar-refractivity contribution >= 4 is 21.4 Å². The van der Waals surface area contributed by atoms with E-state index in [1.54, 1.807) is 6.07 Å². The quantitative estimate of drug-likeness (QED) is 0.860. The highest BCUT2D eigenvalue weighted by Gasteiger charge is 2.20. The molecule has 1 aromatic carbocycles. The van der Waals surface area contributed by atoms with Gasteiger partial charge in [-0.05, 0) is 37.6 Å². The summed E-state index contributed by atoms with van der Waals surface area (Å²) in [5, 5.41) is 0. The minimum atomic E-state index is -3.48. The highest BCUT2D eigenvalue weighted by atomic mass is 32.2. The molecule has 0 aliphatic heterocycles. The molecule has 0 saturated heterocycles. The zero-order valence-corrected chi connectivity index (χ0v) is 12.9. The Bertz CT molecular complexity index is 651. The van der Waals surface area contributed by atoms with Crippen LogP contribution in [0, 0.1) is 0 Å². The van der Waals surface area contributed by atoms with Gasteiger partial charge in [0.1, 0.15) is 4.21 Å². The van der Waals surface area contributed by atoms with E-state index in [1.807, 2.05) is 43.3 Å². The van der Waals surface area contributed by atoms with Crippen molar-refractivity contribution in [1.82, 2.24) is 4.72 Å². The summed E-state index contributed by atoms with van der Waals surface area (Å²) in [6, 6.07) is 12.7. The number of benzene rings is 1. The lowest BCUT2D eigenvalue weighted by molar-refractivity contribution is 0.569. The molecule has 6 heteroatoms. The predicted octanol–water partition coefficient (Wildman–Crippen LogP) is 2.29. The van der Waals surface area contributed by atoms with Crippen LogP contribution in [0.5, 0.6) is 0 Å². The first-order valence-corrected chi connectivity index (χ1v) is 8.69. The number of sulfonamides is 1. The number of hydrogen-bond donors (Lipinski definition) is 2. The second-order valence-corrected chi connectivity index (χ2v) is 7.62. The molecule has 4 nitrogen and oxygen atoms in total. The van der Waals surface area contributed by atoms with E-state index in [2.05, 4.69) is 4.72 Å². The van der Waals surface area contributed by atoms with Gasteiger partial charge in [-0.2, -0.15) is 0 Å². The standard InChI is InChI=1S/C14H18N2O2S2/c1-11(12-5-3-2-4-6-12)16-20(17,18)14-8-7-13(19-14)9-10-15/h2-8,11,16H,9-10,15H2,1H3. The average Bonchev–Trinajstić information content (AvgIpc) is 2.89. The van der Waals surface area contributed by atoms with Gasteiger partial charge in [0.2, 0.25) is 0 Å². The van der Waals surface area contributed by atoms with E-state index in [0.717, 1.165) is 10.4 Å². The molecule has 1 atom stereocenters. The van der Waals surface area contributed by atoms with Crippen molar-refractivity contribution < 1.29 is 8.42 Å². The van der Waals surface area contributed by atoms with Crippen LogP contribution < -0.4 is 10.5 Å². The second-order valence-electron chi connectivity index (χ2n) is 4.51. The van der Waals surface area contributed by atoms with Crippen LogP contribution in [0.4, 0.5) is 0 Å². The minimum Gasteiger partial charge on any atom is -0.330 e. The molecule has 0 aliphatic carbocycles. The monoisotopic (exact) mass is 310 g/mol. The van der Waals surface area contributed by atoms with Crippen molar-refractivity contribution in [3.8, 4) is 0 Å². The Labute approximate surface area is 123 Å². The third kappa shape index (κ3) is 3.67. The van der Waals surface area contributed by atoms with E-state index in [1.165, 1.54) is 11.3 Å². The summed E-state index contributed by atoms with van der Waals surface area (Å²) in [7, 11) is -3.48.